The Morgan fingerprint density at radius 3 is 2.52 bits per heavy atom. The normalized spacial score (nSPS) is 12.9. The Bertz CT molecular complexity index is 772. The Morgan fingerprint density at radius 2 is 1.86 bits per heavy atom. The number of nitrogens with one attached hydrogen (secondary N) is 2. The topological polar surface area (TPSA) is 71.3 Å². The third-order valence-corrected chi connectivity index (χ3v) is 3.35. The van der Waals surface area contributed by atoms with Crippen molar-refractivity contribution in [1.82, 2.24) is 10.9 Å². The fourth-order valence-electron chi connectivity index (χ4n) is 2.37. The highest BCUT2D eigenvalue weighted by molar-refractivity contribution is 6.16. The molecule has 1 aliphatic rings. The quantitative estimate of drug-likeness (QED) is 0.848. The summed E-state index contributed by atoms with van der Waals surface area (Å²) in [5, 5.41) is 0. The predicted octanol–water partition coefficient (Wildman–Crippen LogP) is 2.37. The van der Waals surface area contributed by atoms with Crippen molar-refractivity contribution in [1.29, 1.82) is 0 Å². The van der Waals surface area contributed by atoms with E-state index in [1.54, 1.807) is 26.0 Å². The number of fused-ring (bicyclic) bond motifs is 1. The lowest BCUT2D eigenvalue weighted by Gasteiger charge is -2.09. The van der Waals surface area contributed by atoms with Gasteiger partial charge >= 0.3 is 0 Å². The average Bonchev–Trinajstić information content (AvgIpc) is 2.97. The third kappa shape index (κ3) is 2.33. The van der Waals surface area contributed by atoms with Crippen LogP contribution >= 0.6 is 0 Å². The van der Waals surface area contributed by atoms with E-state index in [9.17, 15) is 9.59 Å². The van der Waals surface area contributed by atoms with E-state index < -0.39 is 0 Å². The van der Waals surface area contributed by atoms with Gasteiger partial charge in [-0.1, -0.05) is 24.3 Å². The largest absolute Gasteiger partial charge is 0.466 e. The zero-order valence-electron chi connectivity index (χ0n) is 11.7. The zero-order valence-corrected chi connectivity index (χ0v) is 11.7. The first-order valence-corrected chi connectivity index (χ1v) is 6.55. The monoisotopic (exact) mass is 282 g/mol. The van der Waals surface area contributed by atoms with Crippen LogP contribution in [0.25, 0.3) is 5.70 Å². The van der Waals surface area contributed by atoms with Crippen LogP contribution in [0.2, 0.25) is 0 Å². The molecule has 0 radical (unpaired) electrons. The summed E-state index contributed by atoms with van der Waals surface area (Å²) in [6, 6.07) is 8.92. The van der Waals surface area contributed by atoms with Crippen molar-refractivity contribution in [3.8, 4) is 0 Å². The molecule has 106 valence electrons. The van der Waals surface area contributed by atoms with E-state index in [-0.39, 0.29) is 11.7 Å². The lowest BCUT2D eigenvalue weighted by molar-refractivity contribution is 0.0939. The summed E-state index contributed by atoms with van der Waals surface area (Å²) in [5.41, 5.74) is 7.85. The number of aryl methyl sites for hydroxylation is 2. The number of carbonyl (C=O) groups is 2. The fourth-order valence-corrected chi connectivity index (χ4v) is 2.37. The molecule has 5 nitrogen and oxygen atoms in total. The number of benzene rings is 1. The van der Waals surface area contributed by atoms with Gasteiger partial charge in [0.1, 0.15) is 11.5 Å². The lowest BCUT2D eigenvalue weighted by Crippen LogP contribution is -2.36. The van der Waals surface area contributed by atoms with Crippen molar-refractivity contribution in [3.63, 3.8) is 0 Å². The van der Waals surface area contributed by atoms with Gasteiger partial charge in [0, 0.05) is 17.2 Å². The molecule has 1 aliphatic carbocycles. The smallest absolute Gasteiger partial charge is 0.273 e. The van der Waals surface area contributed by atoms with Crippen LogP contribution in [0.15, 0.2) is 40.8 Å². The molecule has 0 unspecified atom stereocenters. The van der Waals surface area contributed by atoms with Crippen LogP contribution in [-0.2, 0) is 0 Å². The molecule has 0 spiro atoms. The summed E-state index contributed by atoms with van der Waals surface area (Å²) >= 11 is 0. The molecule has 0 fully saturated rings. The molecule has 3 rings (SSSR count). The first-order chi connectivity index (χ1) is 10.1. The number of furan rings is 1. The molecule has 1 heterocycles. The molecule has 5 heteroatoms. The number of amides is 1. The Kier molecular flexibility index (Phi) is 3.10. The molecule has 0 bridgehead atoms. The molecule has 2 N–H and O–H groups in total. The second-order valence-corrected chi connectivity index (χ2v) is 4.87. The molecule has 0 saturated heterocycles. The zero-order chi connectivity index (χ0) is 15.0. The number of hydrogen-bond acceptors (Lipinski definition) is 4. The molecule has 1 aromatic heterocycles. The van der Waals surface area contributed by atoms with Crippen molar-refractivity contribution in [3.05, 3.63) is 64.6 Å². The first kappa shape index (κ1) is 13.2. The number of hydrogen-bond donors (Lipinski definition) is 2. The van der Waals surface area contributed by atoms with Gasteiger partial charge in [-0.25, -0.2) is 0 Å². The van der Waals surface area contributed by atoms with E-state index in [0.717, 1.165) is 5.56 Å². The van der Waals surface area contributed by atoms with Gasteiger partial charge in [0.25, 0.3) is 5.91 Å². The highest BCUT2D eigenvalue weighted by atomic mass is 16.3. The minimum absolute atomic E-state index is 0.0716. The molecular formula is C16H14N2O3. The Morgan fingerprint density at radius 1 is 1.14 bits per heavy atom. The standard InChI is InChI=1S/C16H14N2O3/c1-9-7-13(10(2)21-9)16(20)18-17-14-8-15(19)12-6-4-3-5-11(12)14/h3-8,17H,1-2H3,(H,18,20). The SMILES string of the molecule is Cc1cc(C(=O)NNC2=CC(=O)c3ccccc32)c(C)o1. The van der Waals surface area contributed by atoms with Crippen LogP contribution in [-0.4, -0.2) is 11.7 Å². The summed E-state index contributed by atoms with van der Waals surface area (Å²) in [6.45, 7) is 3.52. The molecule has 21 heavy (non-hydrogen) atoms. The highest BCUT2D eigenvalue weighted by Crippen LogP contribution is 2.24. The molecule has 0 aliphatic heterocycles. The maximum atomic E-state index is 12.1. The van der Waals surface area contributed by atoms with Gasteiger partial charge in [-0.05, 0) is 19.9 Å². The number of ketones is 1. The maximum absolute atomic E-state index is 12.1. The van der Waals surface area contributed by atoms with E-state index in [1.165, 1.54) is 6.08 Å². The van der Waals surface area contributed by atoms with Gasteiger partial charge in [-0.15, -0.1) is 0 Å². The van der Waals surface area contributed by atoms with Crippen LogP contribution in [0.4, 0.5) is 0 Å². The van der Waals surface area contributed by atoms with E-state index in [0.29, 0.717) is 28.3 Å². The molecule has 1 amide bonds. The summed E-state index contributed by atoms with van der Waals surface area (Å²) in [7, 11) is 0. The molecule has 0 saturated carbocycles. The third-order valence-electron chi connectivity index (χ3n) is 3.35. The second kappa shape index (κ2) is 4.94. The maximum Gasteiger partial charge on any atom is 0.273 e. The van der Waals surface area contributed by atoms with Gasteiger partial charge < -0.3 is 4.42 Å². The van der Waals surface area contributed by atoms with Crippen LogP contribution in [0, 0.1) is 13.8 Å². The number of rotatable bonds is 3. The Labute approximate surface area is 121 Å². The molecule has 2 aromatic rings. The minimum Gasteiger partial charge on any atom is -0.466 e. The molecule has 1 aromatic carbocycles. The average molecular weight is 282 g/mol. The van der Waals surface area contributed by atoms with Crippen LogP contribution in [0.1, 0.15) is 37.8 Å². The van der Waals surface area contributed by atoms with E-state index in [1.807, 2.05) is 18.2 Å². The molecule has 0 atom stereocenters. The van der Waals surface area contributed by atoms with Crippen molar-refractivity contribution in [2.45, 2.75) is 13.8 Å². The molecular weight excluding hydrogens is 268 g/mol. The van der Waals surface area contributed by atoms with Crippen LogP contribution < -0.4 is 10.9 Å². The van der Waals surface area contributed by atoms with Gasteiger partial charge in [-0.2, -0.15) is 0 Å². The second-order valence-electron chi connectivity index (χ2n) is 4.87. The van der Waals surface area contributed by atoms with Crippen LogP contribution in [0.5, 0.6) is 0 Å². The lowest BCUT2D eigenvalue weighted by atomic mass is 10.1. The van der Waals surface area contributed by atoms with Crippen molar-refractivity contribution < 1.29 is 14.0 Å². The van der Waals surface area contributed by atoms with Gasteiger partial charge in [0.15, 0.2) is 5.78 Å². The van der Waals surface area contributed by atoms with E-state index >= 15 is 0 Å². The fraction of sp³-hybridized carbons (Fsp3) is 0.125. The summed E-state index contributed by atoms with van der Waals surface area (Å²) in [4.78, 5) is 23.9. The van der Waals surface area contributed by atoms with Gasteiger partial charge in [0.05, 0.1) is 11.3 Å². The van der Waals surface area contributed by atoms with Gasteiger partial charge in [-0.3, -0.25) is 20.4 Å². The Hall–Kier alpha value is -2.82. The number of allylic oxidation sites excluding steroid dienone is 1. The summed E-state index contributed by atoms with van der Waals surface area (Å²) in [6.07, 6.45) is 1.47. The van der Waals surface area contributed by atoms with Crippen molar-refractivity contribution in [2.75, 3.05) is 0 Å². The number of hydrazine groups is 1. The summed E-state index contributed by atoms with van der Waals surface area (Å²) in [5.74, 6) is 0.863. The summed E-state index contributed by atoms with van der Waals surface area (Å²) < 4.78 is 5.32. The minimum atomic E-state index is -0.304. The van der Waals surface area contributed by atoms with Gasteiger partial charge in [0.2, 0.25) is 0 Å². The highest BCUT2D eigenvalue weighted by Gasteiger charge is 2.21. The van der Waals surface area contributed by atoms with E-state index in [2.05, 4.69) is 10.9 Å². The first-order valence-electron chi connectivity index (χ1n) is 6.55. The van der Waals surface area contributed by atoms with Crippen molar-refractivity contribution >= 4 is 17.4 Å². The van der Waals surface area contributed by atoms with Crippen LogP contribution in [0.3, 0.4) is 0 Å². The van der Waals surface area contributed by atoms with Crippen molar-refractivity contribution in [2.24, 2.45) is 0 Å². The predicted molar refractivity (Wildman–Crippen MR) is 77.5 cm³/mol. The number of carbonyl (C=O) groups excluding carboxylic acids is 2. The Balaban J connectivity index is 1.75. The van der Waals surface area contributed by atoms with E-state index in [4.69, 9.17) is 4.42 Å².